The summed E-state index contributed by atoms with van der Waals surface area (Å²) in [7, 11) is 5.65. The van der Waals surface area contributed by atoms with E-state index in [2.05, 4.69) is 49.5 Å². The van der Waals surface area contributed by atoms with E-state index in [1.807, 2.05) is 95.7 Å². The van der Waals surface area contributed by atoms with Gasteiger partial charge in [0.15, 0.2) is 23.1 Å². The molecule has 0 aliphatic heterocycles. The predicted molar refractivity (Wildman–Crippen MR) is 189 cm³/mol. The molecule has 0 bridgehead atoms. The van der Waals surface area contributed by atoms with Crippen LogP contribution in [0.5, 0.6) is 5.75 Å². The van der Waals surface area contributed by atoms with E-state index in [9.17, 15) is 9.59 Å². The van der Waals surface area contributed by atoms with Crippen molar-refractivity contribution >= 4 is 23.3 Å². The van der Waals surface area contributed by atoms with E-state index in [1.165, 1.54) is 0 Å². The highest BCUT2D eigenvalue weighted by Gasteiger charge is 2.31. The van der Waals surface area contributed by atoms with Gasteiger partial charge in [-0.25, -0.2) is 14.8 Å². The highest BCUT2D eigenvalue weighted by atomic mass is 16.5. The van der Waals surface area contributed by atoms with Gasteiger partial charge < -0.3 is 19.7 Å². The Hall–Kier alpha value is -4.42. The van der Waals surface area contributed by atoms with Crippen LogP contribution in [0.4, 0.5) is 10.6 Å². The maximum Gasteiger partial charge on any atom is 0.320 e. The first-order chi connectivity index (χ1) is 23.0. The van der Waals surface area contributed by atoms with Crippen LogP contribution in [0.2, 0.25) is 0 Å². The summed E-state index contributed by atoms with van der Waals surface area (Å²) in [5.41, 5.74) is 2.23. The second-order valence-corrected chi connectivity index (χ2v) is 15.1. The lowest BCUT2D eigenvalue weighted by Gasteiger charge is -2.32. The molecule has 0 radical (unpaired) electrons. The van der Waals surface area contributed by atoms with Gasteiger partial charge in [-0.05, 0) is 84.3 Å². The number of amides is 2. The first-order valence-corrected chi connectivity index (χ1v) is 16.8. The minimum atomic E-state index is -0.630. The van der Waals surface area contributed by atoms with Gasteiger partial charge in [0.1, 0.15) is 23.3 Å². The number of nitrogens with zero attached hydrogens (tertiary/aromatic N) is 6. The fourth-order valence-corrected chi connectivity index (χ4v) is 5.72. The molecule has 262 valence electrons. The summed E-state index contributed by atoms with van der Waals surface area (Å²) in [4.78, 5) is 37.9. The number of pyridine rings is 1. The fourth-order valence-electron chi connectivity index (χ4n) is 5.72. The number of nitrogens with one attached hydrogen (secondary N) is 2. The number of Topliss-reactive ketones (excluding diaryl/α,β-unsaturated/α-hetero) is 1. The molecular weight excluding hydrogens is 620 g/mol. The number of hydrogen-bond acceptors (Lipinski definition) is 9. The van der Waals surface area contributed by atoms with Crippen molar-refractivity contribution in [3.63, 3.8) is 0 Å². The zero-order valence-electron chi connectivity index (χ0n) is 30.4. The fraction of sp³-hybridized carbons (Fsp3) is 0.514. The second kappa shape index (κ2) is 13.8. The van der Waals surface area contributed by atoms with Crippen LogP contribution in [0.1, 0.15) is 120 Å². The van der Waals surface area contributed by atoms with E-state index in [0.29, 0.717) is 54.4 Å². The lowest BCUT2D eigenvalue weighted by Crippen LogP contribution is -2.38. The van der Waals surface area contributed by atoms with E-state index in [-0.39, 0.29) is 34.7 Å². The molecule has 2 N–H and O–H groups in total. The van der Waals surface area contributed by atoms with Gasteiger partial charge in [-0.1, -0.05) is 45.0 Å². The van der Waals surface area contributed by atoms with Crippen LogP contribution in [-0.2, 0) is 15.8 Å². The van der Waals surface area contributed by atoms with Crippen LogP contribution < -0.4 is 15.4 Å². The third-order valence-electron chi connectivity index (χ3n) is 9.60. The largest absolute Gasteiger partial charge is 0.484 e. The number of urea groups is 1. The zero-order valence-corrected chi connectivity index (χ0v) is 30.4. The number of ketones is 1. The van der Waals surface area contributed by atoms with Crippen LogP contribution in [0.15, 0.2) is 48.7 Å². The molecule has 0 saturated heterocycles. The normalized spacial score (nSPS) is 16.8. The van der Waals surface area contributed by atoms with Gasteiger partial charge in [0, 0.05) is 30.6 Å². The number of benzene rings is 1. The van der Waals surface area contributed by atoms with Crippen molar-refractivity contribution in [3.8, 4) is 5.75 Å². The maximum atomic E-state index is 13.4. The smallest absolute Gasteiger partial charge is 0.320 e. The van der Waals surface area contributed by atoms with Gasteiger partial charge >= 0.3 is 6.03 Å². The standard InChI is InChI=1S/C37H50N8O4/c1-35(2,3)29-21-30(40-32(39-29)27(46)19-20-36(4,5)44(8)9)41-34(47)38-26-16-17-28(25-14-12-11-13-24(25)26)49-23-15-18-31-42-43-33(45(31)22-23)37(6,7)48-10/h11-15,18,21-22,26,28H,16-17,19-20H2,1-10H3,(H2,38,39,40,41,47)/t26-,28+/m0/s1. The molecule has 2 atom stereocenters. The highest BCUT2D eigenvalue weighted by molar-refractivity contribution is 5.94. The Morgan fingerprint density at radius 1 is 0.959 bits per heavy atom. The van der Waals surface area contributed by atoms with Gasteiger partial charge in [-0.15, -0.1) is 10.2 Å². The van der Waals surface area contributed by atoms with E-state index in [1.54, 1.807) is 13.2 Å². The Morgan fingerprint density at radius 3 is 2.35 bits per heavy atom. The summed E-state index contributed by atoms with van der Waals surface area (Å²) in [6, 6.07) is 12.9. The van der Waals surface area contributed by atoms with E-state index >= 15 is 0 Å². The third-order valence-corrected chi connectivity index (χ3v) is 9.60. The average Bonchev–Trinajstić information content (AvgIpc) is 3.48. The quantitative estimate of drug-likeness (QED) is 0.166. The van der Waals surface area contributed by atoms with Crippen molar-refractivity contribution in [1.82, 2.24) is 34.8 Å². The predicted octanol–water partition coefficient (Wildman–Crippen LogP) is 6.78. The van der Waals surface area contributed by atoms with Crippen molar-refractivity contribution in [2.45, 2.75) is 103 Å². The molecule has 3 heterocycles. The van der Waals surface area contributed by atoms with Gasteiger partial charge in [0.05, 0.1) is 17.9 Å². The maximum absolute atomic E-state index is 13.4. The Bertz CT molecular complexity index is 1820. The Balaban J connectivity index is 1.31. The lowest BCUT2D eigenvalue weighted by molar-refractivity contribution is 0.0106. The molecular formula is C37H50N8O4. The van der Waals surface area contributed by atoms with Crippen molar-refractivity contribution in [3.05, 3.63) is 77.1 Å². The number of aromatic nitrogens is 5. The number of rotatable bonds is 11. The molecule has 49 heavy (non-hydrogen) atoms. The highest BCUT2D eigenvalue weighted by Crippen LogP contribution is 2.39. The Kier molecular flexibility index (Phi) is 10.1. The molecule has 3 aromatic heterocycles. The first kappa shape index (κ1) is 35.9. The van der Waals surface area contributed by atoms with Crippen LogP contribution in [0.25, 0.3) is 5.65 Å². The topological polar surface area (TPSA) is 136 Å². The van der Waals surface area contributed by atoms with Gasteiger partial charge in [0.2, 0.25) is 0 Å². The molecule has 12 nitrogen and oxygen atoms in total. The van der Waals surface area contributed by atoms with Gasteiger partial charge in [-0.3, -0.25) is 14.5 Å². The number of fused-ring (bicyclic) bond motifs is 2. The number of ether oxygens (including phenoxy) is 2. The molecule has 0 spiro atoms. The molecule has 1 aliphatic carbocycles. The molecule has 0 fully saturated rings. The summed E-state index contributed by atoms with van der Waals surface area (Å²) < 4.78 is 14.1. The van der Waals surface area contributed by atoms with E-state index in [0.717, 1.165) is 11.1 Å². The molecule has 1 aliphatic rings. The zero-order chi connectivity index (χ0) is 35.7. The second-order valence-electron chi connectivity index (χ2n) is 15.1. The molecule has 2 amide bonds. The number of carbonyl (C=O) groups excluding carboxylic acids is 2. The Labute approximate surface area is 289 Å². The molecule has 0 saturated carbocycles. The average molecular weight is 671 g/mol. The molecule has 5 rings (SSSR count). The SMILES string of the molecule is COC(C)(C)c1nnc2ccc(O[C@@H]3CC[C@H](NC(=O)Nc4cc(C(C)(C)C)nc(C(=O)CCC(C)(C)N(C)C)n4)c4ccccc43)cn12. The van der Waals surface area contributed by atoms with Crippen LogP contribution in [-0.4, -0.2) is 68.0 Å². The van der Waals surface area contributed by atoms with Crippen LogP contribution >= 0.6 is 0 Å². The van der Waals surface area contributed by atoms with Gasteiger partial charge in [0.25, 0.3) is 0 Å². The molecule has 1 aromatic carbocycles. The number of methoxy groups -OCH3 is 1. The molecule has 12 heteroatoms. The third kappa shape index (κ3) is 8.08. The number of carbonyl (C=O) groups is 2. The van der Waals surface area contributed by atoms with Gasteiger partial charge in [-0.2, -0.15) is 0 Å². The number of hydrogen-bond donors (Lipinski definition) is 2. The van der Waals surface area contributed by atoms with Crippen molar-refractivity contribution in [2.75, 3.05) is 26.5 Å². The van der Waals surface area contributed by atoms with E-state index < -0.39 is 11.6 Å². The lowest BCUT2D eigenvalue weighted by atomic mass is 9.85. The summed E-state index contributed by atoms with van der Waals surface area (Å²) in [5.74, 6) is 1.61. The Morgan fingerprint density at radius 2 is 1.67 bits per heavy atom. The number of anilines is 1. The summed E-state index contributed by atoms with van der Waals surface area (Å²) in [6.45, 7) is 14.1. The minimum Gasteiger partial charge on any atom is -0.484 e. The summed E-state index contributed by atoms with van der Waals surface area (Å²) >= 11 is 0. The first-order valence-electron chi connectivity index (χ1n) is 16.8. The van der Waals surface area contributed by atoms with Crippen molar-refractivity contribution < 1.29 is 19.1 Å². The monoisotopic (exact) mass is 670 g/mol. The van der Waals surface area contributed by atoms with Crippen LogP contribution in [0.3, 0.4) is 0 Å². The van der Waals surface area contributed by atoms with E-state index in [4.69, 9.17) is 9.47 Å². The molecule has 0 unspecified atom stereocenters. The van der Waals surface area contributed by atoms with Crippen molar-refractivity contribution in [2.24, 2.45) is 0 Å². The van der Waals surface area contributed by atoms with Crippen LogP contribution in [0, 0.1) is 0 Å². The molecule has 4 aromatic rings. The summed E-state index contributed by atoms with van der Waals surface area (Å²) in [6.07, 6.45) is 3.97. The summed E-state index contributed by atoms with van der Waals surface area (Å²) in [5, 5.41) is 14.6. The van der Waals surface area contributed by atoms with Crippen molar-refractivity contribution in [1.29, 1.82) is 0 Å². The minimum absolute atomic E-state index is 0.114.